The van der Waals surface area contributed by atoms with Gasteiger partial charge in [0.15, 0.2) is 16.2 Å². The van der Waals surface area contributed by atoms with Gasteiger partial charge in [-0.2, -0.15) is 0 Å². The predicted molar refractivity (Wildman–Crippen MR) is 75.7 cm³/mol. The van der Waals surface area contributed by atoms with Crippen LogP contribution >= 0.6 is 31.9 Å². The molecule has 1 aromatic carbocycles. The second-order valence-electron chi connectivity index (χ2n) is 3.96. The Hall–Kier alpha value is -0.850. The average Bonchev–Trinajstić information content (AvgIpc) is 2.70. The Balaban J connectivity index is 2.14. The largest absolute Gasteiger partial charge is 0.494 e. The van der Waals surface area contributed by atoms with Crippen LogP contribution in [0.1, 0.15) is 17.4 Å². The monoisotopic (exact) mass is 392 g/mol. The molecule has 1 atom stereocenters. The number of rotatable bonds is 4. The molecule has 0 spiro atoms. The first-order chi connectivity index (χ1) is 9.01. The van der Waals surface area contributed by atoms with Crippen LogP contribution in [-0.4, -0.2) is 12.2 Å². The molecule has 0 aliphatic heterocycles. The van der Waals surface area contributed by atoms with Gasteiger partial charge in [0.1, 0.15) is 11.9 Å². The number of hydrogen-bond donors (Lipinski definition) is 1. The third-order valence-electron chi connectivity index (χ3n) is 2.64. The van der Waals surface area contributed by atoms with Crippen LogP contribution in [0.2, 0.25) is 0 Å². The Morgan fingerprint density at radius 3 is 2.63 bits per heavy atom. The average molecular weight is 394 g/mol. The minimum atomic E-state index is -0.838. The van der Waals surface area contributed by atoms with E-state index < -0.39 is 11.9 Å². The van der Waals surface area contributed by atoms with E-state index in [4.69, 9.17) is 9.15 Å². The summed E-state index contributed by atoms with van der Waals surface area (Å²) in [5.41, 5.74) is 0.662. The molecule has 19 heavy (non-hydrogen) atoms. The fraction of sp³-hybridized carbons (Fsp3) is 0.231. The molecule has 1 heterocycles. The highest BCUT2D eigenvalue weighted by Crippen LogP contribution is 2.31. The highest BCUT2D eigenvalue weighted by Gasteiger charge is 2.16. The van der Waals surface area contributed by atoms with Crippen LogP contribution in [0.3, 0.4) is 0 Å². The highest BCUT2D eigenvalue weighted by molar-refractivity contribution is 9.13. The number of aliphatic hydroxyl groups is 1. The third-order valence-corrected chi connectivity index (χ3v) is 4.35. The number of benzene rings is 1. The molecule has 6 heteroatoms. The molecular weight excluding hydrogens is 383 g/mol. The Labute approximate surface area is 126 Å². The first-order valence-corrected chi connectivity index (χ1v) is 7.05. The summed E-state index contributed by atoms with van der Waals surface area (Å²) in [6.07, 6.45) is -0.580. The highest BCUT2D eigenvalue weighted by atomic mass is 79.9. The van der Waals surface area contributed by atoms with Crippen molar-refractivity contribution in [3.05, 3.63) is 50.5 Å². The quantitative estimate of drug-likeness (QED) is 0.845. The number of furan rings is 1. The van der Waals surface area contributed by atoms with Gasteiger partial charge in [-0.25, -0.2) is 4.39 Å². The van der Waals surface area contributed by atoms with Crippen molar-refractivity contribution >= 4 is 31.9 Å². The Bertz CT molecular complexity index is 564. The summed E-state index contributed by atoms with van der Waals surface area (Å²) in [5.74, 6) is 0.144. The lowest BCUT2D eigenvalue weighted by Crippen LogP contribution is -2.01. The molecule has 0 amide bonds. The van der Waals surface area contributed by atoms with Gasteiger partial charge >= 0.3 is 0 Å². The minimum Gasteiger partial charge on any atom is -0.494 e. The van der Waals surface area contributed by atoms with Gasteiger partial charge in [0, 0.05) is 6.42 Å². The molecule has 3 nitrogen and oxygen atoms in total. The smallest absolute Gasteiger partial charge is 0.183 e. The summed E-state index contributed by atoms with van der Waals surface area (Å²) < 4.78 is 24.9. The Morgan fingerprint density at radius 2 is 2.11 bits per heavy atom. The van der Waals surface area contributed by atoms with Crippen molar-refractivity contribution < 1.29 is 18.7 Å². The van der Waals surface area contributed by atoms with Crippen LogP contribution in [-0.2, 0) is 6.42 Å². The minimum absolute atomic E-state index is 0.182. The molecule has 102 valence electrons. The zero-order valence-electron chi connectivity index (χ0n) is 9.99. The van der Waals surface area contributed by atoms with Crippen molar-refractivity contribution in [2.45, 2.75) is 12.5 Å². The maximum Gasteiger partial charge on any atom is 0.183 e. The van der Waals surface area contributed by atoms with Crippen LogP contribution in [0.5, 0.6) is 5.75 Å². The topological polar surface area (TPSA) is 42.6 Å². The van der Waals surface area contributed by atoms with Crippen molar-refractivity contribution in [3.8, 4) is 5.75 Å². The third kappa shape index (κ3) is 3.38. The number of methoxy groups -OCH3 is 1. The van der Waals surface area contributed by atoms with Crippen LogP contribution in [0.25, 0.3) is 0 Å². The van der Waals surface area contributed by atoms with E-state index in [2.05, 4.69) is 31.9 Å². The predicted octanol–water partition coefficient (Wildman–Crippen LogP) is 4.23. The van der Waals surface area contributed by atoms with Gasteiger partial charge < -0.3 is 14.3 Å². The molecule has 0 saturated heterocycles. The van der Waals surface area contributed by atoms with Gasteiger partial charge in [-0.05, 0) is 55.6 Å². The molecule has 2 aromatic rings. The van der Waals surface area contributed by atoms with Crippen molar-refractivity contribution in [2.24, 2.45) is 0 Å². The van der Waals surface area contributed by atoms with E-state index in [1.807, 2.05) is 0 Å². The van der Waals surface area contributed by atoms with Gasteiger partial charge in [0.05, 0.1) is 11.6 Å². The summed E-state index contributed by atoms with van der Waals surface area (Å²) in [6, 6.07) is 6.26. The number of ether oxygens (including phenoxy) is 1. The summed E-state index contributed by atoms with van der Waals surface area (Å²) in [7, 11) is 1.41. The van der Waals surface area contributed by atoms with Gasteiger partial charge in [0.2, 0.25) is 0 Å². The lowest BCUT2D eigenvalue weighted by Gasteiger charge is -2.09. The van der Waals surface area contributed by atoms with Crippen molar-refractivity contribution in [2.75, 3.05) is 7.11 Å². The van der Waals surface area contributed by atoms with E-state index in [0.717, 1.165) is 4.47 Å². The molecule has 1 unspecified atom stereocenters. The van der Waals surface area contributed by atoms with E-state index in [-0.39, 0.29) is 12.2 Å². The lowest BCUT2D eigenvalue weighted by atomic mass is 10.1. The Morgan fingerprint density at radius 1 is 1.37 bits per heavy atom. The van der Waals surface area contributed by atoms with Gasteiger partial charge in [0.25, 0.3) is 0 Å². The van der Waals surface area contributed by atoms with E-state index in [1.54, 1.807) is 12.1 Å². The zero-order valence-corrected chi connectivity index (χ0v) is 13.2. The fourth-order valence-electron chi connectivity index (χ4n) is 1.69. The van der Waals surface area contributed by atoms with E-state index in [9.17, 15) is 9.50 Å². The zero-order chi connectivity index (χ0) is 14.0. The van der Waals surface area contributed by atoms with Crippen molar-refractivity contribution in [3.63, 3.8) is 0 Å². The van der Waals surface area contributed by atoms with E-state index >= 15 is 0 Å². The first-order valence-electron chi connectivity index (χ1n) is 5.46. The summed E-state index contributed by atoms with van der Waals surface area (Å²) in [5, 5.41) is 10.0. The molecule has 0 radical (unpaired) electrons. The van der Waals surface area contributed by atoms with Gasteiger partial charge in [-0.3, -0.25) is 0 Å². The number of halogens is 3. The SMILES string of the molecule is COc1ccc(CC(O)c2cc(Br)c(Br)o2)cc1F. The molecule has 1 aromatic heterocycles. The molecule has 0 fully saturated rings. The molecule has 0 aliphatic rings. The number of hydrogen-bond acceptors (Lipinski definition) is 3. The van der Waals surface area contributed by atoms with E-state index in [0.29, 0.717) is 16.0 Å². The number of aliphatic hydroxyl groups excluding tert-OH is 1. The van der Waals surface area contributed by atoms with Crippen molar-refractivity contribution in [1.82, 2.24) is 0 Å². The van der Waals surface area contributed by atoms with Crippen molar-refractivity contribution in [1.29, 1.82) is 0 Å². The summed E-state index contributed by atoms with van der Waals surface area (Å²) >= 11 is 6.47. The first kappa shape index (κ1) is 14.6. The maximum atomic E-state index is 13.5. The van der Waals surface area contributed by atoms with Crippen LogP contribution in [0.4, 0.5) is 4.39 Å². The lowest BCUT2D eigenvalue weighted by molar-refractivity contribution is 0.148. The molecule has 0 aliphatic carbocycles. The molecular formula is C13H11Br2FO3. The van der Waals surface area contributed by atoms with Crippen LogP contribution < -0.4 is 4.74 Å². The molecule has 1 N–H and O–H groups in total. The molecule has 2 rings (SSSR count). The molecule has 0 bridgehead atoms. The second kappa shape index (κ2) is 6.07. The summed E-state index contributed by atoms with van der Waals surface area (Å²) in [6.45, 7) is 0. The maximum absolute atomic E-state index is 13.5. The fourth-order valence-corrected chi connectivity index (χ4v) is 2.30. The van der Waals surface area contributed by atoms with E-state index in [1.165, 1.54) is 19.2 Å². The normalized spacial score (nSPS) is 12.5. The standard InChI is InChI=1S/C13H11Br2FO3/c1-18-11-3-2-7(4-9(11)16)5-10(17)12-6-8(14)13(15)19-12/h2-4,6,10,17H,5H2,1H3. The van der Waals surface area contributed by atoms with Crippen LogP contribution in [0.15, 0.2) is 37.8 Å². The molecule has 0 saturated carbocycles. The Kier molecular flexibility index (Phi) is 4.65. The summed E-state index contributed by atoms with van der Waals surface area (Å²) in [4.78, 5) is 0. The van der Waals surface area contributed by atoms with Gasteiger partial charge in [-0.15, -0.1) is 0 Å². The van der Waals surface area contributed by atoms with Crippen LogP contribution in [0, 0.1) is 5.82 Å². The second-order valence-corrected chi connectivity index (χ2v) is 5.53. The van der Waals surface area contributed by atoms with Gasteiger partial charge in [-0.1, -0.05) is 6.07 Å².